The van der Waals surface area contributed by atoms with Gasteiger partial charge in [0.15, 0.2) is 0 Å². The van der Waals surface area contributed by atoms with Crippen LogP contribution in [0.15, 0.2) is 0 Å². The molecule has 1 unspecified atom stereocenters. The molecule has 1 atom stereocenters. The van der Waals surface area contributed by atoms with Gasteiger partial charge < -0.3 is 15.7 Å². The Hall–Kier alpha value is -1.26. The predicted octanol–water partition coefficient (Wildman–Crippen LogP) is 1.48. The molecule has 1 fully saturated rings. The maximum Gasteiger partial charge on any atom is 0.315 e. The molecule has 1 aliphatic rings. The largest absolute Gasteiger partial charge is 0.481 e. The second kappa shape index (κ2) is 5.18. The van der Waals surface area contributed by atoms with E-state index in [1.807, 2.05) is 13.8 Å². The lowest BCUT2D eigenvalue weighted by Gasteiger charge is -2.17. The van der Waals surface area contributed by atoms with Gasteiger partial charge in [0.1, 0.15) is 0 Å². The predicted molar refractivity (Wildman–Crippen MR) is 60.3 cm³/mol. The number of amides is 2. The van der Waals surface area contributed by atoms with Crippen LogP contribution < -0.4 is 10.6 Å². The van der Waals surface area contributed by atoms with Crippen molar-refractivity contribution in [3.8, 4) is 0 Å². The van der Waals surface area contributed by atoms with Gasteiger partial charge in [-0.2, -0.15) is 0 Å². The summed E-state index contributed by atoms with van der Waals surface area (Å²) < 4.78 is 0. The highest BCUT2D eigenvalue weighted by Gasteiger charge is 2.38. The van der Waals surface area contributed by atoms with E-state index >= 15 is 0 Å². The molecule has 0 bridgehead atoms. The normalized spacial score (nSPS) is 18.6. The highest BCUT2D eigenvalue weighted by Crippen LogP contribution is 2.33. The van der Waals surface area contributed by atoms with E-state index in [4.69, 9.17) is 5.11 Å². The molecule has 1 aliphatic carbocycles. The van der Waals surface area contributed by atoms with E-state index in [0.29, 0.717) is 12.8 Å². The topological polar surface area (TPSA) is 78.4 Å². The summed E-state index contributed by atoms with van der Waals surface area (Å²) in [5.74, 6) is -0.790. The molecule has 0 aromatic rings. The second-order valence-electron chi connectivity index (χ2n) is 4.85. The van der Waals surface area contributed by atoms with E-state index in [2.05, 4.69) is 10.6 Å². The summed E-state index contributed by atoms with van der Waals surface area (Å²) in [7, 11) is 0. The summed E-state index contributed by atoms with van der Waals surface area (Å²) in [6.07, 6.45) is 3.51. The van der Waals surface area contributed by atoms with Crippen molar-refractivity contribution >= 4 is 12.0 Å². The fraction of sp³-hybridized carbons (Fsp3) is 0.818. The van der Waals surface area contributed by atoms with Crippen molar-refractivity contribution < 1.29 is 14.7 Å². The van der Waals surface area contributed by atoms with E-state index in [-0.39, 0.29) is 24.0 Å². The number of hydrogen-bond acceptors (Lipinski definition) is 2. The third-order valence-electron chi connectivity index (χ3n) is 2.82. The summed E-state index contributed by atoms with van der Waals surface area (Å²) >= 11 is 0. The zero-order valence-electron chi connectivity index (χ0n) is 9.88. The van der Waals surface area contributed by atoms with Crippen LogP contribution in [0, 0.1) is 0 Å². The Morgan fingerprint density at radius 1 is 1.44 bits per heavy atom. The molecular weight excluding hydrogens is 208 g/mol. The second-order valence-corrected chi connectivity index (χ2v) is 4.85. The van der Waals surface area contributed by atoms with E-state index in [9.17, 15) is 9.59 Å². The molecule has 0 aromatic heterocycles. The van der Waals surface area contributed by atoms with Crippen molar-refractivity contribution in [3.63, 3.8) is 0 Å². The van der Waals surface area contributed by atoms with E-state index < -0.39 is 5.97 Å². The lowest BCUT2D eigenvalue weighted by atomic mass is 10.1. The molecule has 0 aliphatic heterocycles. The Labute approximate surface area is 95.6 Å². The fourth-order valence-electron chi connectivity index (χ4n) is 1.48. The summed E-state index contributed by atoms with van der Waals surface area (Å²) in [5, 5.41) is 14.2. The summed E-state index contributed by atoms with van der Waals surface area (Å²) in [6, 6.07) is -0.135. The van der Waals surface area contributed by atoms with Crippen LogP contribution >= 0.6 is 0 Å². The first-order valence-electron chi connectivity index (χ1n) is 5.72. The van der Waals surface area contributed by atoms with Gasteiger partial charge in [-0.25, -0.2) is 4.79 Å². The minimum Gasteiger partial charge on any atom is -0.481 e. The Morgan fingerprint density at radius 3 is 2.56 bits per heavy atom. The minimum atomic E-state index is -0.790. The molecule has 5 nitrogen and oxygen atoms in total. The van der Waals surface area contributed by atoms with E-state index in [1.165, 1.54) is 0 Å². The molecule has 5 heteroatoms. The highest BCUT2D eigenvalue weighted by molar-refractivity contribution is 5.75. The first-order valence-corrected chi connectivity index (χ1v) is 5.72. The van der Waals surface area contributed by atoms with Crippen LogP contribution in [0.3, 0.4) is 0 Å². The van der Waals surface area contributed by atoms with Gasteiger partial charge in [-0.1, -0.05) is 0 Å². The molecule has 1 saturated carbocycles. The quantitative estimate of drug-likeness (QED) is 0.644. The third kappa shape index (κ3) is 5.00. The molecular formula is C11H20N2O3. The van der Waals surface area contributed by atoms with Crippen LogP contribution in [0.25, 0.3) is 0 Å². The van der Waals surface area contributed by atoms with Crippen LogP contribution in [0.5, 0.6) is 0 Å². The molecule has 0 radical (unpaired) electrons. The number of carbonyl (C=O) groups excluding carboxylic acids is 1. The van der Waals surface area contributed by atoms with Gasteiger partial charge >= 0.3 is 12.0 Å². The smallest absolute Gasteiger partial charge is 0.315 e. The Kier molecular flexibility index (Phi) is 4.15. The first-order chi connectivity index (χ1) is 7.41. The zero-order chi connectivity index (χ0) is 12.2. The standard InChI is InChI=1S/C11H20N2O3/c1-8(4-3-5-9(14)15)12-10(16)13-11(2)6-7-11/h8H,3-7H2,1-2H3,(H,14,15)(H2,12,13,16). The number of carboxylic acids is 1. The van der Waals surface area contributed by atoms with Crippen LogP contribution in [-0.2, 0) is 4.79 Å². The minimum absolute atomic E-state index is 0.00906. The van der Waals surface area contributed by atoms with Crippen molar-refractivity contribution in [1.82, 2.24) is 10.6 Å². The van der Waals surface area contributed by atoms with Gasteiger partial charge in [-0.15, -0.1) is 0 Å². The number of hydrogen-bond donors (Lipinski definition) is 3. The zero-order valence-corrected chi connectivity index (χ0v) is 9.88. The van der Waals surface area contributed by atoms with Crippen molar-refractivity contribution in [2.24, 2.45) is 0 Å². The van der Waals surface area contributed by atoms with Gasteiger partial charge in [0.25, 0.3) is 0 Å². The van der Waals surface area contributed by atoms with Crippen molar-refractivity contribution in [3.05, 3.63) is 0 Å². The lowest BCUT2D eigenvalue weighted by molar-refractivity contribution is -0.137. The SMILES string of the molecule is CC(CCCC(=O)O)NC(=O)NC1(C)CC1. The number of carbonyl (C=O) groups is 2. The van der Waals surface area contributed by atoms with Crippen LogP contribution in [0.2, 0.25) is 0 Å². The van der Waals surface area contributed by atoms with E-state index in [1.54, 1.807) is 0 Å². The molecule has 0 heterocycles. The average molecular weight is 228 g/mol. The molecule has 0 spiro atoms. The van der Waals surface area contributed by atoms with Crippen LogP contribution in [-0.4, -0.2) is 28.7 Å². The molecule has 0 saturated heterocycles. The number of carboxylic acid groups (broad SMARTS) is 1. The monoisotopic (exact) mass is 228 g/mol. The van der Waals surface area contributed by atoms with Crippen LogP contribution in [0.4, 0.5) is 4.79 Å². The maximum absolute atomic E-state index is 11.5. The molecule has 0 aromatic carbocycles. The van der Waals surface area contributed by atoms with Crippen molar-refractivity contribution in [1.29, 1.82) is 0 Å². The van der Waals surface area contributed by atoms with Crippen molar-refractivity contribution in [2.75, 3.05) is 0 Å². The molecule has 1 rings (SSSR count). The highest BCUT2D eigenvalue weighted by atomic mass is 16.4. The van der Waals surface area contributed by atoms with E-state index in [0.717, 1.165) is 12.8 Å². The van der Waals surface area contributed by atoms with Gasteiger partial charge in [0, 0.05) is 18.0 Å². The first kappa shape index (κ1) is 12.8. The number of urea groups is 1. The Morgan fingerprint density at radius 2 is 2.06 bits per heavy atom. The maximum atomic E-state index is 11.5. The molecule has 16 heavy (non-hydrogen) atoms. The molecule has 2 amide bonds. The van der Waals surface area contributed by atoms with Crippen molar-refractivity contribution in [2.45, 2.75) is 57.5 Å². The van der Waals surface area contributed by atoms with Gasteiger partial charge in [0.05, 0.1) is 0 Å². The molecule has 3 N–H and O–H groups in total. The van der Waals surface area contributed by atoms with Gasteiger partial charge in [-0.3, -0.25) is 4.79 Å². The Bertz CT molecular complexity index is 274. The third-order valence-corrected chi connectivity index (χ3v) is 2.82. The summed E-state index contributed by atoms with van der Waals surface area (Å²) in [5.41, 5.74) is -0.00906. The summed E-state index contributed by atoms with van der Waals surface area (Å²) in [6.45, 7) is 3.90. The average Bonchev–Trinajstić information content (AvgIpc) is 2.81. The fourth-order valence-corrected chi connectivity index (χ4v) is 1.48. The molecule has 92 valence electrons. The number of aliphatic carboxylic acids is 1. The lowest BCUT2D eigenvalue weighted by Crippen LogP contribution is -2.45. The number of rotatable bonds is 6. The number of nitrogens with one attached hydrogen (secondary N) is 2. The van der Waals surface area contributed by atoms with Gasteiger partial charge in [-0.05, 0) is 39.5 Å². The van der Waals surface area contributed by atoms with Gasteiger partial charge in [0.2, 0.25) is 0 Å². The summed E-state index contributed by atoms with van der Waals surface area (Å²) in [4.78, 5) is 21.8. The Balaban J connectivity index is 2.10. The van der Waals surface area contributed by atoms with Crippen LogP contribution in [0.1, 0.15) is 46.0 Å².